The van der Waals surface area contributed by atoms with Crippen molar-refractivity contribution in [1.29, 1.82) is 0 Å². The standard InChI is InChI=1S/C15H18Br2O4/c1-15(20-7-8-21-15)9-10-3-5-11(6-4-10)12(16)13(17)14(18)19-2/h3-6,12-13H,7-9H2,1-2H3. The number of carbonyl (C=O) groups is 1. The average molecular weight is 422 g/mol. The fourth-order valence-electron chi connectivity index (χ4n) is 2.25. The lowest BCUT2D eigenvalue weighted by Crippen LogP contribution is -2.28. The van der Waals surface area contributed by atoms with E-state index in [1.807, 2.05) is 31.2 Å². The Kier molecular flexibility index (Phi) is 5.82. The zero-order valence-corrected chi connectivity index (χ0v) is 15.1. The molecule has 0 bridgehead atoms. The molecule has 2 atom stereocenters. The molecule has 116 valence electrons. The first-order valence-corrected chi connectivity index (χ1v) is 8.51. The van der Waals surface area contributed by atoms with Gasteiger partial charge in [0.25, 0.3) is 0 Å². The number of hydrogen-bond donors (Lipinski definition) is 0. The van der Waals surface area contributed by atoms with Crippen LogP contribution in [0.3, 0.4) is 0 Å². The normalized spacial score (nSPS) is 20.0. The second-order valence-electron chi connectivity index (χ2n) is 5.08. The monoisotopic (exact) mass is 420 g/mol. The van der Waals surface area contributed by atoms with E-state index in [-0.39, 0.29) is 10.8 Å². The van der Waals surface area contributed by atoms with Crippen molar-refractivity contribution in [2.45, 2.75) is 28.8 Å². The second kappa shape index (κ2) is 7.22. The molecule has 1 aromatic carbocycles. The van der Waals surface area contributed by atoms with Crippen LogP contribution in [0.1, 0.15) is 22.9 Å². The fourth-order valence-corrected chi connectivity index (χ4v) is 3.26. The first-order chi connectivity index (χ1) is 9.95. The Morgan fingerprint density at radius 3 is 2.38 bits per heavy atom. The number of halogens is 2. The van der Waals surface area contributed by atoms with Crippen molar-refractivity contribution in [3.63, 3.8) is 0 Å². The molecule has 0 radical (unpaired) electrons. The second-order valence-corrected chi connectivity index (χ2v) is 7.05. The number of carbonyl (C=O) groups excluding carboxylic acids is 1. The van der Waals surface area contributed by atoms with Gasteiger partial charge in [0.2, 0.25) is 0 Å². The summed E-state index contributed by atoms with van der Waals surface area (Å²) in [5, 5.41) is 0. The van der Waals surface area contributed by atoms with Gasteiger partial charge in [-0.3, -0.25) is 4.79 Å². The number of methoxy groups -OCH3 is 1. The summed E-state index contributed by atoms with van der Waals surface area (Å²) in [6.45, 7) is 3.23. The predicted molar refractivity (Wildman–Crippen MR) is 86.9 cm³/mol. The Labute approximate surface area is 141 Å². The lowest BCUT2D eigenvalue weighted by Gasteiger charge is -2.22. The summed E-state index contributed by atoms with van der Waals surface area (Å²) in [6.07, 6.45) is 0.703. The van der Waals surface area contributed by atoms with Gasteiger partial charge in [0, 0.05) is 6.42 Å². The SMILES string of the molecule is COC(=O)C(Br)C(Br)c1ccc(CC2(C)OCCO2)cc1. The van der Waals surface area contributed by atoms with E-state index >= 15 is 0 Å². The minimum atomic E-state index is -0.528. The molecule has 0 amide bonds. The molecule has 0 saturated carbocycles. The van der Waals surface area contributed by atoms with Gasteiger partial charge < -0.3 is 14.2 Å². The van der Waals surface area contributed by atoms with Crippen LogP contribution in [0.4, 0.5) is 0 Å². The molecule has 21 heavy (non-hydrogen) atoms. The maximum Gasteiger partial charge on any atom is 0.320 e. The molecule has 2 rings (SSSR count). The van der Waals surface area contributed by atoms with E-state index < -0.39 is 10.6 Å². The molecule has 2 unspecified atom stereocenters. The van der Waals surface area contributed by atoms with Gasteiger partial charge in [-0.15, -0.1) is 0 Å². The third-order valence-corrected chi connectivity index (χ3v) is 6.07. The van der Waals surface area contributed by atoms with Crippen molar-refractivity contribution in [2.75, 3.05) is 20.3 Å². The molecule has 1 aliphatic rings. The maximum atomic E-state index is 11.5. The van der Waals surface area contributed by atoms with E-state index in [2.05, 4.69) is 31.9 Å². The van der Waals surface area contributed by atoms with Gasteiger partial charge in [-0.2, -0.15) is 0 Å². The number of ether oxygens (including phenoxy) is 3. The van der Waals surface area contributed by atoms with Crippen LogP contribution in [0, 0.1) is 0 Å². The minimum absolute atomic E-state index is 0.145. The van der Waals surface area contributed by atoms with Crippen LogP contribution in [-0.4, -0.2) is 36.9 Å². The van der Waals surface area contributed by atoms with Crippen LogP contribution in [0.2, 0.25) is 0 Å². The largest absolute Gasteiger partial charge is 0.468 e. The van der Waals surface area contributed by atoms with E-state index in [4.69, 9.17) is 14.2 Å². The summed E-state index contributed by atoms with van der Waals surface area (Å²) in [5.41, 5.74) is 2.14. The van der Waals surface area contributed by atoms with Gasteiger partial charge in [0.15, 0.2) is 5.79 Å². The molecule has 1 aliphatic heterocycles. The van der Waals surface area contributed by atoms with Crippen LogP contribution in [0.25, 0.3) is 0 Å². The number of alkyl halides is 2. The molecule has 1 heterocycles. The highest BCUT2D eigenvalue weighted by molar-refractivity contribution is 9.12. The van der Waals surface area contributed by atoms with Gasteiger partial charge in [-0.05, 0) is 18.1 Å². The van der Waals surface area contributed by atoms with Crippen molar-refractivity contribution >= 4 is 37.8 Å². The lowest BCUT2D eigenvalue weighted by molar-refractivity contribution is -0.140. The topological polar surface area (TPSA) is 44.8 Å². The molecule has 1 saturated heterocycles. The van der Waals surface area contributed by atoms with Crippen molar-refractivity contribution in [1.82, 2.24) is 0 Å². The summed E-state index contributed by atoms with van der Waals surface area (Å²) in [5.74, 6) is -0.833. The summed E-state index contributed by atoms with van der Waals surface area (Å²) in [4.78, 5) is 11.0. The van der Waals surface area contributed by atoms with E-state index in [0.717, 1.165) is 11.1 Å². The highest BCUT2D eigenvalue weighted by Gasteiger charge is 2.31. The summed E-state index contributed by atoms with van der Waals surface area (Å²) in [6, 6.07) is 8.03. The summed E-state index contributed by atoms with van der Waals surface area (Å²) in [7, 11) is 1.38. The molecule has 4 nitrogen and oxygen atoms in total. The predicted octanol–water partition coefficient (Wildman–Crippen LogP) is 3.36. The zero-order chi connectivity index (χ0) is 15.5. The van der Waals surface area contributed by atoms with Gasteiger partial charge in [0.05, 0.1) is 25.2 Å². The van der Waals surface area contributed by atoms with E-state index in [9.17, 15) is 4.79 Å². The number of rotatable bonds is 5. The van der Waals surface area contributed by atoms with Crippen molar-refractivity contribution in [2.24, 2.45) is 0 Å². The molecule has 6 heteroatoms. The first-order valence-electron chi connectivity index (χ1n) is 6.68. The molecule has 0 N–H and O–H groups in total. The van der Waals surface area contributed by atoms with Crippen molar-refractivity contribution < 1.29 is 19.0 Å². The van der Waals surface area contributed by atoms with Crippen LogP contribution in [0.15, 0.2) is 24.3 Å². The van der Waals surface area contributed by atoms with Crippen LogP contribution < -0.4 is 0 Å². The van der Waals surface area contributed by atoms with Crippen LogP contribution >= 0.6 is 31.9 Å². The van der Waals surface area contributed by atoms with Gasteiger partial charge >= 0.3 is 5.97 Å². The Bertz CT molecular complexity index is 483. The molecule has 0 aliphatic carbocycles. The van der Waals surface area contributed by atoms with Gasteiger partial charge in [-0.25, -0.2) is 0 Å². The smallest absolute Gasteiger partial charge is 0.320 e. The molecule has 0 aromatic heterocycles. The Morgan fingerprint density at radius 1 is 1.29 bits per heavy atom. The van der Waals surface area contributed by atoms with Crippen LogP contribution in [-0.2, 0) is 25.4 Å². The molecule has 1 aromatic rings. The molecular weight excluding hydrogens is 404 g/mol. The lowest BCUT2D eigenvalue weighted by atomic mass is 10.0. The van der Waals surface area contributed by atoms with Crippen molar-refractivity contribution in [3.05, 3.63) is 35.4 Å². The number of benzene rings is 1. The molecule has 1 fully saturated rings. The van der Waals surface area contributed by atoms with Gasteiger partial charge in [0.1, 0.15) is 4.83 Å². The van der Waals surface area contributed by atoms with Crippen molar-refractivity contribution in [3.8, 4) is 0 Å². The number of hydrogen-bond acceptors (Lipinski definition) is 4. The van der Waals surface area contributed by atoms with Crippen LogP contribution in [0.5, 0.6) is 0 Å². The maximum absolute atomic E-state index is 11.5. The first kappa shape index (κ1) is 16.9. The zero-order valence-electron chi connectivity index (χ0n) is 12.0. The third-order valence-electron chi connectivity index (χ3n) is 3.40. The molecule has 0 spiro atoms. The molecular formula is C15H18Br2O4. The quantitative estimate of drug-likeness (QED) is 0.540. The number of esters is 1. The average Bonchev–Trinajstić information content (AvgIpc) is 2.92. The van der Waals surface area contributed by atoms with E-state index in [1.54, 1.807) is 0 Å². The third kappa shape index (κ3) is 4.28. The Morgan fingerprint density at radius 2 is 1.86 bits per heavy atom. The summed E-state index contributed by atoms with van der Waals surface area (Å²) >= 11 is 6.86. The highest BCUT2D eigenvalue weighted by atomic mass is 79.9. The van der Waals surface area contributed by atoms with Gasteiger partial charge in [-0.1, -0.05) is 56.1 Å². The summed E-state index contributed by atoms with van der Waals surface area (Å²) < 4.78 is 15.9. The van der Waals surface area contributed by atoms with E-state index in [1.165, 1.54) is 7.11 Å². The Hall–Kier alpha value is -0.430. The van der Waals surface area contributed by atoms with E-state index in [0.29, 0.717) is 19.6 Å². The highest BCUT2D eigenvalue weighted by Crippen LogP contribution is 2.32. The Balaban J connectivity index is 2.03. The fraction of sp³-hybridized carbons (Fsp3) is 0.533. The minimum Gasteiger partial charge on any atom is -0.468 e.